The lowest BCUT2D eigenvalue weighted by atomic mass is 10.0. The number of piperidine rings is 1. The Hall–Kier alpha value is -2.59. The summed E-state index contributed by atoms with van der Waals surface area (Å²) < 4.78 is 5.59. The zero-order chi connectivity index (χ0) is 17.8. The van der Waals surface area contributed by atoms with E-state index in [1.807, 2.05) is 12.3 Å². The Morgan fingerprint density at radius 1 is 1.08 bits per heavy atom. The maximum Gasteiger partial charge on any atom is 0.128 e. The Bertz CT molecular complexity index is 858. The van der Waals surface area contributed by atoms with E-state index < -0.39 is 0 Å². The number of likely N-dealkylation sites (tertiary alicyclic amines) is 1. The van der Waals surface area contributed by atoms with Crippen molar-refractivity contribution in [3.63, 3.8) is 0 Å². The van der Waals surface area contributed by atoms with Crippen molar-refractivity contribution in [3.8, 4) is 5.75 Å². The monoisotopic (exact) mass is 347 g/mol. The minimum Gasteiger partial charge on any atom is -0.496 e. The van der Waals surface area contributed by atoms with Crippen molar-refractivity contribution in [1.82, 2.24) is 9.88 Å². The van der Waals surface area contributed by atoms with Crippen LogP contribution < -0.4 is 10.1 Å². The molecule has 0 atom stereocenters. The fourth-order valence-electron chi connectivity index (χ4n) is 3.72. The lowest BCUT2D eigenvalue weighted by Gasteiger charge is -2.32. The van der Waals surface area contributed by atoms with E-state index in [9.17, 15) is 0 Å². The Morgan fingerprint density at radius 2 is 1.88 bits per heavy atom. The van der Waals surface area contributed by atoms with Crippen LogP contribution in [0.5, 0.6) is 5.75 Å². The molecule has 4 nitrogen and oxygen atoms in total. The van der Waals surface area contributed by atoms with Gasteiger partial charge in [0.2, 0.25) is 0 Å². The number of methoxy groups -OCH3 is 1. The molecule has 0 spiro atoms. The quantitative estimate of drug-likeness (QED) is 0.746. The fourth-order valence-corrected chi connectivity index (χ4v) is 3.72. The van der Waals surface area contributed by atoms with Crippen molar-refractivity contribution in [2.45, 2.75) is 25.4 Å². The number of ether oxygens (including phenoxy) is 1. The van der Waals surface area contributed by atoms with Crippen LogP contribution in [0.15, 0.2) is 60.8 Å². The normalized spacial score (nSPS) is 15.9. The summed E-state index contributed by atoms with van der Waals surface area (Å²) in [7, 11) is 1.74. The molecule has 0 aliphatic carbocycles. The van der Waals surface area contributed by atoms with Crippen LogP contribution in [0.25, 0.3) is 10.8 Å². The van der Waals surface area contributed by atoms with Crippen molar-refractivity contribution >= 4 is 16.5 Å². The van der Waals surface area contributed by atoms with Gasteiger partial charge in [0.1, 0.15) is 5.75 Å². The van der Waals surface area contributed by atoms with Gasteiger partial charge in [-0.3, -0.25) is 9.88 Å². The van der Waals surface area contributed by atoms with Gasteiger partial charge in [0.15, 0.2) is 0 Å². The number of rotatable bonds is 5. The average Bonchev–Trinajstić information content (AvgIpc) is 2.69. The highest BCUT2D eigenvalue weighted by Crippen LogP contribution is 2.30. The maximum atomic E-state index is 5.59. The van der Waals surface area contributed by atoms with Crippen LogP contribution in [-0.2, 0) is 6.54 Å². The van der Waals surface area contributed by atoms with Crippen LogP contribution in [0, 0.1) is 0 Å². The number of hydrogen-bond acceptors (Lipinski definition) is 4. The van der Waals surface area contributed by atoms with Gasteiger partial charge in [-0.05, 0) is 36.4 Å². The second-order valence-electron chi connectivity index (χ2n) is 6.92. The van der Waals surface area contributed by atoms with Crippen molar-refractivity contribution in [3.05, 3.63) is 66.5 Å². The third-order valence-corrected chi connectivity index (χ3v) is 5.11. The molecule has 3 aromatic rings. The first-order chi connectivity index (χ1) is 12.8. The molecule has 1 aromatic heterocycles. The number of anilines is 1. The van der Waals surface area contributed by atoms with E-state index in [-0.39, 0.29) is 0 Å². The molecule has 2 heterocycles. The zero-order valence-corrected chi connectivity index (χ0v) is 15.2. The molecule has 0 bridgehead atoms. The van der Waals surface area contributed by atoms with Crippen LogP contribution in [0.2, 0.25) is 0 Å². The third-order valence-electron chi connectivity index (χ3n) is 5.11. The van der Waals surface area contributed by atoms with Gasteiger partial charge in [0.25, 0.3) is 0 Å². The number of nitrogens with one attached hydrogen (secondary N) is 1. The molecule has 1 saturated heterocycles. The summed E-state index contributed by atoms with van der Waals surface area (Å²) in [6.45, 7) is 3.13. The van der Waals surface area contributed by atoms with Gasteiger partial charge in [-0.1, -0.05) is 30.3 Å². The molecular weight excluding hydrogens is 322 g/mol. The number of benzene rings is 2. The van der Waals surface area contributed by atoms with E-state index in [4.69, 9.17) is 4.74 Å². The van der Waals surface area contributed by atoms with Gasteiger partial charge in [-0.25, -0.2) is 0 Å². The van der Waals surface area contributed by atoms with Gasteiger partial charge in [-0.2, -0.15) is 0 Å². The molecule has 0 radical (unpaired) electrons. The van der Waals surface area contributed by atoms with Crippen LogP contribution in [-0.4, -0.2) is 36.1 Å². The zero-order valence-electron chi connectivity index (χ0n) is 15.2. The van der Waals surface area contributed by atoms with Crippen LogP contribution in [0.1, 0.15) is 18.5 Å². The first-order valence-electron chi connectivity index (χ1n) is 9.27. The Morgan fingerprint density at radius 3 is 2.65 bits per heavy atom. The molecule has 2 aromatic carbocycles. The van der Waals surface area contributed by atoms with E-state index >= 15 is 0 Å². The summed E-state index contributed by atoms with van der Waals surface area (Å²) in [5, 5.41) is 6.08. The number of pyridine rings is 1. The molecule has 0 unspecified atom stereocenters. The lowest BCUT2D eigenvalue weighted by Crippen LogP contribution is -2.38. The SMILES string of the molecule is COc1cc(NC2CCN(Cc3ccccn3)CC2)cc2ccccc12. The van der Waals surface area contributed by atoms with Crippen LogP contribution in [0.3, 0.4) is 0 Å². The number of nitrogens with zero attached hydrogens (tertiary/aromatic N) is 2. The maximum absolute atomic E-state index is 5.59. The van der Waals surface area contributed by atoms with Gasteiger partial charge in [-0.15, -0.1) is 0 Å². The minimum atomic E-state index is 0.501. The largest absolute Gasteiger partial charge is 0.496 e. The summed E-state index contributed by atoms with van der Waals surface area (Å²) in [5.41, 5.74) is 2.29. The predicted molar refractivity (Wildman–Crippen MR) is 107 cm³/mol. The van der Waals surface area contributed by atoms with Crippen molar-refractivity contribution < 1.29 is 4.74 Å². The van der Waals surface area contributed by atoms with Gasteiger partial charge < -0.3 is 10.1 Å². The highest BCUT2D eigenvalue weighted by molar-refractivity contribution is 5.91. The number of aromatic nitrogens is 1. The molecule has 0 saturated carbocycles. The van der Waals surface area contributed by atoms with E-state index in [0.29, 0.717) is 6.04 Å². The Balaban J connectivity index is 1.39. The summed E-state index contributed by atoms with van der Waals surface area (Å²) in [6.07, 6.45) is 4.15. The fraction of sp³-hybridized carbons (Fsp3) is 0.318. The molecule has 1 N–H and O–H groups in total. The highest BCUT2D eigenvalue weighted by Gasteiger charge is 2.19. The van der Waals surface area contributed by atoms with Gasteiger partial charge >= 0.3 is 0 Å². The van der Waals surface area contributed by atoms with Gasteiger partial charge in [0.05, 0.1) is 12.8 Å². The Kier molecular flexibility index (Phi) is 5.02. The molecule has 4 heteroatoms. The molecule has 0 amide bonds. The predicted octanol–water partition coefficient (Wildman–Crippen LogP) is 4.32. The topological polar surface area (TPSA) is 37.4 Å². The smallest absolute Gasteiger partial charge is 0.128 e. The minimum absolute atomic E-state index is 0.501. The van der Waals surface area contributed by atoms with E-state index in [2.05, 4.69) is 63.7 Å². The molecule has 1 aliphatic rings. The number of hydrogen-bond donors (Lipinski definition) is 1. The van der Waals surface area contributed by atoms with E-state index in [0.717, 1.165) is 55.0 Å². The number of fused-ring (bicyclic) bond motifs is 1. The van der Waals surface area contributed by atoms with Gasteiger partial charge in [0, 0.05) is 49.0 Å². The van der Waals surface area contributed by atoms with E-state index in [1.165, 1.54) is 5.39 Å². The van der Waals surface area contributed by atoms with Crippen LogP contribution in [0.4, 0.5) is 5.69 Å². The van der Waals surface area contributed by atoms with Crippen molar-refractivity contribution in [1.29, 1.82) is 0 Å². The van der Waals surface area contributed by atoms with Crippen LogP contribution >= 0.6 is 0 Å². The summed E-state index contributed by atoms with van der Waals surface area (Å²) in [5.74, 6) is 0.929. The summed E-state index contributed by atoms with van der Waals surface area (Å²) in [4.78, 5) is 6.92. The summed E-state index contributed by atoms with van der Waals surface area (Å²) >= 11 is 0. The molecule has 1 aliphatic heterocycles. The Labute approximate surface area is 154 Å². The molecule has 4 rings (SSSR count). The second kappa shape index (κ2) is 7.75. The second-order valence-corrected chi connectivity index (χ2v) is 6.92. The molecule has 134 valence electrons. The molecule has 26 heavy (non-hydrogen) atoms. The van der Waals surface area contributed by atoms with Crippen molar-refractivity contribution in [2.75, 3.05) is 25.5 Å². The lowest BCUT2D eigenvalue weighted by molar-refractivity contribution is 0.209. The highest BCUT2D eigenvalue weighted by atomic mass is 16.5. The first-order valence-corrected chi connectivity index (χ1v) is 9.27. The summed E-state index contributed by atoms with van der Waals surface area (Å²) in [6, 6.07) is 19.3. The third kappa shape index (κ3) is 3.81. The van der Waals surface area contributed by atoms with Crippen molar-refractivity contribution in [2.24, 2.45) is 0 Å². The van der Waals surface area contributed by atoms with E-state index in [1.54, 1.807) is 7.11 Å². The molecular formula is C22H25N3O. The average molecular weight is 347 g/mol. The first kappa shape index (κ1) is 16.9. The standard InChI is InChI=1S/C22H25N3O/c1-26-22-15-20(14-17-6-2-3-8-21(17)22)24-18-9-12-25(13-10-18)16-19-7-4-5-11-23-19/h2-8,11,14-15,18,24H,9-10,12-13,16H2,1H3. The molecule has 1 fully saturated rings.